The Hall–Kier alpha value is -2.67. The molecule has 118 valence electrons. The van der Waals surface area contributed by atoms with Crippen molar-refractivity contribution in [1.82, 2.24) is 10.3 Å². The average molecular weight is 330 g/mol. The van der Waals surface area contributed by atoms with E-state index in [4.69, 9.17) is 0 Å². The molecule has 0 saturated carbocycles. The monoisotopic (exact) mass is 330 g/mol. The van der Waals surface area contributed by atoms with E-state index >= 15 is 0 Å². The molecule has 1 aliphatic heterocycles. The molecular formula is C16H14N2O4S. The minimum absolute atomic E-state index is 0.0534. The van der Waals surface area contributed by atoms with E-state index in [0.717, 1.165) is 11.0 Å². The number of rotatable bonds is 3. The van der Waals surface area contributed by atoms with Crippen LogP contribution >= 0.6 is 0 Å². The van der Waals surface area contributed by atoms with Gasteiger partial charge in [0.1, 0.15) is 5.56 Å². The number of sulfone groups is 1. The highest BCUT2D eigenvalue weighted by atomic mass is 32.2. The molecule has 2 aromatic rings. The fraction of sp³-hybridized carbons (Fsp3) is 0.125. The van der Waals surface area contributed by atoms with Gasteiger partial charge in [-0.3, -0.25) is 9.59 Å². The van der Waals surface area contributed by atoms with Crippen molar-refractivity contribution < 1.29 is 13.2 Å². The van der Waals surface area contributed by atoms with Crippen LogP contribution in [-0.2, 0) is 9.84 Å². The normalized spacial score (nSPS) is 18.7. The third-order valence-electron chi connectivity index (χ3n) is 3.49. The van der Waals surface area contributed by atoms with Crippen LogP contribution in [0.5, 0.6) is 0 Å². The lowest BCUT2D eigenvalue weighted by molar-refractivity contribution is 0.0946. The minimum atomic E-state index is -3.26. The van der Waals surface area contributed by atoms with Crippen LogP contribution in [-0.4, -0.2) is 31.1 Å². The summed E-state index contributed by atoms with van der Waals surface area (Å²) in [4.78, 5) is 26.9. The fourth-order valence-electron chi connectivity index (χ4n) is 2.35. The second kappa shape index (κ2) is 5.85. The Kier molecular flexibility index (Phi) is 3.87. The molecule has 1 unspecified atom stereocenters. The molecule has 3 rings (SSSR count). The average Bonchev–Trinajstić information content (AvgIpc) is 2.86. The van der Waals surface area contributed by atoms with Gasteiger partial charge in [-0.15, -0.1) is 0 Å². The third-order valence-corrected chi connectivity index (χ3v) is 4.88. The molecule has 2 heterocycles. The van der Waals surface area contributed by atoms with Crippen molar-refractivity contribution in [1.29, 1.82) is 0 Å². The van der Waals surface area contributed by atoms with Crippen LogP contribution in [0.15, 0.2) is 58.7 Å². The number of hydrogen-bond donors (Lipinski definition) is 2. The van der Waals surface area contributed by atoms with Crippen molar-refractivity contribution in [3.63, 3.8) is 0 Å². The molecule has 1 aliphatic rings. The highest BCUT2D eigenvalue weighted by Crippen LogP contribution is 2.15. The SMILES string of the molecule is O=C(NC1C=CS(=O)(=O)C1)c1ccc(-c2ccccc2)[nH]c1=O. The highest BCUT2D eigenvalue weighted by molar-refractivity contribution is 7.94. The van der Waals surface area contributed by atoms with E-state index in [1.165, 1.54) is 12.1 Å². The number of nitrogens with one attached hydrogen (secondary N) is 2. The first kappa shape index (κ1) is 15.2. The van der Waals surface area contributed by atoms with Gasteiger partial charge in [-0.1, -0.05) is 30.3 Å². The summed E-state index contributed by atoms with van der Waals surface area (Å²) in [5, 5.41) is 3.60. The van der Waals surface area contributed by atoms with Crippen LogP contribution in [0, 0.1) is 0 Å². The summed E-state index contributed by atoms with van der Waals surface area (Å²) in [5.41, 5.74) is 0.868. The number of carbonyl (C=O) groups is 1. The van der Waals surface area contributed by atoms with E-state index in [1.54, 1.807) is 6.07 Å². The predicted molar refractivity (Wildman–Crippen MR) is 86.7 cm³/mol. The molecule has 1 atom stereocenters. The summed E-state index contributed by atoms with van der Waals surface area (Å²) in [5.74, 6) is -0.781. The van der Waals surface area contributed by atoms with Gasteiger partial charge in [-0.05, 0) is 23.8 Å². The lowest BCUT2D eigenvalue weighted by Crippen LogP contribution is -2.38. The molecule has 0 bridgehead atoms. The Morgan fingerprint density at radius 3 is 2.48 bits per heavy atom. The molecule has 0 fully saturated rings. The molecule has 7 heteroatoms. The van der Waals surface area contributed by atoms with E-state index in [-0.39, 0.29) is 11.3 Å². The fourth-order valence-corrected chi connectivity index (χ4v) is 3.59. The zero-order valence-electron chi connectivity index (χ0n) is 12.0. The van der Waals surface area contributed by atoms with Crippen LogP contribution < -0.4 is 10.9 Å². The molecule has 1 aromatic carbocycles. The molecule has 0 saturated heterocycles. The van der Waals surface area contributed by atoms with Gasteiger partial charge in [0.2, 0.25) is 0 Å². The molecular weight excluding hydrogens is 316 g/mol. The smallest absolute Gasteiger partial charge is 0.261 e. The maximum Gasteiger partial charge on any atom is 0.261 e. The Bertz CT molecular complexity index is 930. The number of benzene rings is 1. The largest absolute Gasteiger partial charge is 0.345 e. The standard InChI is InChI=1S/C16H14N2O4S/c19-15(17-12-8-9-23(21,22)10-12)13-6-7-14(18-16(13)20)11-4-2-1-3-5-11/h1-9,12H,10H2,(H,17,19)(H,18,20). The van der Waals surface area contributed by atoms with Crippen molar-refractivity contribution in [2.45, 2.75) is 6.04 Å². The van der Waals surface area contributed by atoms with Crippen LogP contribution in [0.25, 0.3) is 11.3 Å². The van der Waals surface area contributed by atoms with Crippen molar-refractivity contribution in [3.8, 4) is 11.3 Å². The van der Waals surface area contributed by atoms with Gasteiger partial charge in [0.15, 0.2) is 9.84 Å². The van der Waals surface area contributed by atoms with E-state index < -0.39 is 27.3 Å². The molecule has 2 N–H and O–H groups in total. The molecule has 1 amide bonds. The first-order valence-corrected chi connectivity index (χ1v) is 8.67. The second-order valence-electron chi connectivity index (χ2n) is 5.22. The van der Waals surface area contributed by atoms with Crippen LogP contribution in [0.1, 0.15) is 10.4 Å². The quantitative estimate of drug-likeness (QED) is 0.880. The van der Waals surface area contributed by atoms with Gasteiger partial charge >= 0.3 is 0 Å². The topological polar surface area (TPSA) is 96.1 Å². The lowest BCUT2D eigenvalue weighted by atomic mass is 10.1. The first-order valence-electron chi connectivity index (χ1n) is 6.95. The first-order chi connectivity index (χ1) is 10.9. The van der Waals surface area contributed by atoms with E-state index in [0.29, 0.717) is 5.69 Å². The summed E-state index contributed by atoms with van der Waals surface area (Å²) in [6.45, 7) is 0. The number of H-pyrrole nitrogens is 1. The summed E-state index contributed by atoms with van der Waals surface area (Å²) in [6.07, 6.45) is 1.40. The van der Waals surface area contributed by atoms with Crippen molar-refractivity contribution >= 4 is 15.7 Å². The minimum Gasteiger partial charge on any atom is -0.345 e. The van der Waals surface area contributed by atoms with Gasteiger partial charge in [0, 0.05) is 11.1 Å². The van der Waals surface area contributed by atoms with Gasteiger partial charge < -0.3 is 10.3 Å². The molecule has 6 nitrogen and oxygen atoms in total. The van der Waals surface area contributed by atoms with E-state index in [2.05, 4.69) is 10.3 Å². The van der Waals surface area contributed by atoms with Gasteiger partial charge in [0.25, 0.3) is 11.5 Å². The predicted octanol–water partition coefficient (Wildman–Crippen LogP) is 1.08. The summed E-state index contributed by atoms with van der Waals surface area (Å²) < 4.78 is 22.6. The zero-order chi connectivity index (χ0) is 16.4. The second-order valence-corrected chi connectivity index (χ2v) is 7.15. The lowest BCUT2D eigenvalue weighted by Gasteiger charge is -2.10. The maximum absolute atomic E-state index is 12.1. The molecule has 23 heavy (non-hydrogen) atoms. The number of hydrogen-bond acceptors (Lipinski definition) is 4. The van der Waals surface area contributed by atoms with Crippen molar-refractivity contribution in [3.05, 3.63) is 69.9 Å². The van der Waals surface area contributed by atoms with Gasteiger partial charge in [0.05, 0.1) is 11.8 Å². The Morgan fingerprint density at radius 2 is 1.87 bits per heavy atom. The van der Waals surface area contributed by atoms with Crippen LogP contribution in [0.3, 0.4) is 0 Å². The zero-order valence-corrected chi connectivity index (χ0v) is 12.8. The number of aromatic amines is 1. The molecule has 1 aromatic heterocycles. The number of amides is 1. The number of pyridine rings is 1. The van der Waals surface area contributed by atoms with Gasteiger partial charge in [-0.2, -0.15) is 0 Å². The summed E-state index contributed by atoms with van der Waals surface area (Å²) in [7, 11) is -3.26. The summed E-state index contributed by atoms with van der Waals surface area (Å²) >= 11 is 0. The molecule has 0 aliphatic carbocycles. The molecule has 0 spiro atoms. The van der Waals surface area contributed by atoms with Crippen LogP contribution in [0.2, 0.25) is 0 Å². The number of aromatic nitrogens is 1. The van der Waals surface area contributed by atoms with Crippen LogP contribution in [0.4, 0.5) is 0 Å². The maximum atomic E-state index is 12.1. The molecule has 0 radical (unpaired) electrons. The Labute approximate surface area is 132 Å². The van der Waals surface area contributed by atoms with Gasteiger partial charge in [-0.25, -0.2) is 8.42 Å². The Balaban J connectivity index is 1.80. The number of carbonyl (C=O) groups excluding carboxylic acids is 1. The summed E-state index contributed by atoms with van der Waals surface area (Å²) in [6, 6.07) is 11.7. The Morgan fingerprint density at radius 1 is 1.13 bits per heavy atom. The highest BCUT2D eigenvalue weighted by Gasteiger charge is 2.24. The third kappa shape index (κ3) is 3.40. The van der Waals surface area contributed by atoms with E-state index in [1.807, 2.05) is 30.3 Å². The van der Waals surface area contributed by atoms with Crippen molar-refractivity contribution in [2.24, 2.45) is 0 Å². The van der Waals surface area contributed by atoms with E-state index in [9.17, 15) is 18.0 Å². The van der Waals surface area contributed by atoms with Crippen molar-refractivity contribution in [2.75, 3.05) is 5.75 Å².